The second kappa shape index (κ2) is 8.75. The third-order valence-electron chi connectivity index (χ3n) is 5.72. The number of rotatable bonds is 6. The first kappa shape index (κ1) is 20.4. The van der Waals surface area contributed by atoms with E-state index in [9.17, 15) is 4.79 Å². The zero-order chi connectivity index (χ0) is 20.3. The summed E-state index contributed by atoms with van der Waals surface area (Å²) in [5.74, 6) is 1.03. The van der Waals surface area contributed by atoms with Crippen LogP contribution in [0.5, 0.6) is 5.75 Å². The summed E-state index contributed by atoms with van der Waals surface area (Å²) in [6.07, 6.45) is 0. The number of piperazine rings is 1. The molecule has 3 rings (SSSR count). The molecule has 1 aliphatic heterocycles. The van der Waals surface area contributed by atoms with Gasteiger partial charge in [-0.3, -0.25) is 9.48 Å². The molecule has 152 valence electrons. The number of anilines is 1. The van der Waals surface area contributed by atoms with Crippen molar-refractivity contribution >= 4 is 11.6 Å². The number of hydrogen-bond acceptors (Lipinski definition) is 3. The zero-order valence-corrected chi connectivity index (χ0v) is 17.7. The van der Waals surface area contributed by atoms with Crippen LogP contribution in [0.15, 0.2) is 18.2 Å². The van der Waals surface area contributed by atoms with E-state index in [0.717, 1.165) is 55.5 Å². The van der Waals surface area contributed by atoms with Crippen LogP contribution in [0.25, 0.3) is 0 Å². The van der Waals surface area contributed by atoms with E-state index in [0.29, 0.717) is 6.54 Å². The summed E-state index contributed by atoms with van der Waals surface area (Å²) in [5.41, 5.74) is 5.23. The smallest absolute Gasteiger partial charge is 0.279 e. The van der Waals surface area contributed by atoms with E-state index in [1.165, 1.54) is 16.0 Å². The van der Waals surface area contributed by atoms with E-state index in [-0.39, 0.29) is 5.91 Å². The van der Waals surface area contributed by atoms with Crippen molar-refractivity contribution < 1.29 is 19.3 Å². The van der Waals surface area contributed by atoms with E-state index in [4.69, 9.17) is 4.74 Å². The minimum atomic E-state index is 0.0676. The van der Waals surface area contributed by atoms with Crippen molar-refractivity contribution in [1.29, 1.82) is 0 Å². The van der Waals surface area contributed by atoms with Crippen LogP contribution < -0.4 is 19.9 Å². The summed E-state index contributed by atoms with van der Waals surface area (Å²) in [6, 6.07) is 6.36. The fourth-order valence-corrected chi connectivity index (χ4v) is 3.99. The predicted molar refractivity (Wildman–Crippen MR) is 109 cm³/mol. The van der Waals surface area contributed by atoms with E-state index >= 15 is 0 Å². The number of hydrogen-bond donors (Lipinski definition) is 3. The van der Waals surface area contributed by atoms with Gasteiger partial charge in [-0.15, -0.1) is 0 Å². The molecule has 1 fully saturated rings. The lowest BCUT2D eigenvalue weighted by Crippen LogP contribution is -3.28. The summed E-state index contributed by atoms with van der Waals surface area (Å²) in [7, 11) is 3.63. The quantitative estimate of drug-likeness (QED) is 0.613. The largest absolute Gasteiger partial charge is 0.496 e. The first-order valence-corrected chi connectivity index (χ1v) is 9.98. The SMILES string of the molecule is COc1ccc(C)cc1C[NH+]1CC[NH+](CC(=O)Nc2c(C)nn(C)c2C)CC1. The van der Waals surface area contributed by atoms with Gasteiger partial charge in [-0.1, -0.05) is 11.6 Å². The Balaban J connectivity index is 1.50. The molecule has 7 heteroatoms. The van der Waals surface area contributed by atoms with Gasteiger partial charge >= 0.3 is 0 Å². The monoisotopic (exact) mass is 387 g/mol. The molecule has 0 unspecified atom stereocenters. The molecule has 0 atom stereocenters. The lowest BCUT2D eigenvalue weighted by molar-refractivity contribution is -1.02. The topological polar surface area (TPSA) is 65.0 Å². The fourth-order valence-electron chi connectivity index (χ4n) is 3.99. The maximum Gasteiger partial charge on any atom is 0.279 e. The fraction of sp³-hybridized carbons (Fsp3) is 0.524. The van der Waals surface area contributed by atoms with Gasteiger partial charge in [0.05, 0.1) is 24.2 Å². The van der Waals surface area contributed by atoms with Crippen molar-refractivity contribution in [3.8, 4) is 5.75 Å². The number of methoxy groups -OCH3 is 1. The van der Waals surface area contributed by atoms with E-state index in [1.807, 2.05) is 20.9 Å². The summed E-state index contributed by atoms with van der Waals surface area (Å²) in [6.45, 7) is 11.6. The number of amides is 1. The molecule has 0 aliphatic carbocycles. The Morgan fingerprint density at radius 1 is 1.18 bits per heavy atom. The number of nitrogens with zero attached hydrogens (tertiary/aromatic N) is 2. The molecule has 28 heavy (non-hydrogen) atoms. The predicted octanol–water partition coefficient (Wildman–Crippen LogP) is -0.724. The van der Waals surface area contributed by atoms with Crippen LogP contribution in [0.1, 0.15) is 22.5 Å². The Labute approximate surface area is 167 Å². The van der Waals surface area contributed by atoms with Crippen LogP contribution in [-0.4, -0.2) is 55.5 Å². The number of carbonyl (C=O) groups is 1. The standard InChI is InChI=1S/C21H31N5O2/c1-15-6-7-19(28-5)18(12-15)13-25-8-10-26(11-9-25)14-20(27)22-21-16(2)23-24(4)17(21)3/h6-7,12H,8-11,13-14H2,1-5H3,(H,22,27)/p+2. The Bertz CT molecular complexity index is 838. The summed E-state index contributed by atoms with van der Waals surface area (Å²) < 4.78 is 7.32. The van der Waals surface area contributed by atoms with Gasteiger partial charge in [0.15, 0.2) is 6.54 Å². The number of aryl methyl sites for hydroxylation is 3. The third-order valence-corrected chi connectivity index (χ3v) is 5.72. The Hall–Kier alpha value is -2.38. The van der Waals surface area contributed by atoms with Crippen LogP contribution in [0.3, 0.4) is 0 Å². The molecule has 2 aromatic rings. The van der Waals surface area contributed by atoms with Crippen molar-refractivity contribution in [3.05, 3.63) is 40.7 Å². The highest BCUT2D eigenvalue weighted by molar-refractivity contribution is 5.92. The van der Waals surface area contributed by atoms with Crippen molar-refractivity contribution in [1.82, 2.24) is 9.78 Å². The van der Waals surface area contributed by atoms with E-state index < -0.39 is 0 Å². The Kier molecular flexibility index (Phi) is 6.36. The average molecular weight is 388 g/mol. The van der Waals surface area contributed by atoms with E-state index in [1.54, 1.807) is 16.7 Å². The van der Waals surface area contributed by atoms with Crippen molar-refractivity contribution in [2.45, 2.75) is 27.3 Å². The van der Waals surface area contributed by atoms with Gasteiger partial charge in [0.25, 0.3) is 5.91 Å². The van der Waals surface area contributed by atoms with Crippen LogP contribution in [0, 0.1) is 20.8 Å². The molecule has 7 nitrogen and oxygen atoms in total. The van der Waals surface area contributed by atoms with Crippen LogP contribution >= 0.6 is 0 Å². The number of ether oxygens (including phenoxy) is 1. The normalized spacial score (nSPS) is 19.5. The number of nitrogens with one attached hydrogen (secondary N) is 3. The molecule has 2 heterocycles. The highest BCUT2D eigenvalue weighted by Gasteiger charge is 2.26. The molecule has 1 aliphatic rings. The summed E-state index contributed by atoms with van der Waals surface area (Å²) in [4.78, 5) is 15.4. The third kappa shape index (κ3) is 4.72. The zero-order valence-electron chi connectivity index (χ0n) is 17.7. The number of quaternary nitrogens is 2. The first-order valence-electron chi connectivity index (χ1n) is 9.98. The molecule has 3 N–H and O–H groups in total. The first-order chi connectivity index (χ1) is 13.4. The molecule has 0 radical (unpaired) electrons. The molecule has 0 bridgehead atoms. The van der Waals surface area contributed by atoms with Gasteiger partial charge in [-0.05, 0) is 32.9 Å². The highest BCUT2D eigenvalue weighted by Crippen LogP contribution is 2.19. The maximum atomic E-state index is 12.5. The molecule has 1 aromatic carbocycles. The van der Waals surface area contributed by atoms with Gasteiger partial charge in [0.2, 0.25) is 0 Å². The molecular formula is C21H33N5O2+2. The molecular weight excluding hydrogens is 354 g/mol. The molecule has 0 saturated carbocycles. The van der Waals surface area contributed by atoms with Gasteiger partial charge in [0.1, 0.15) is 38.5 Å². The van der Waals surface area contributed by atoms with Crippen molar-refractivity contribution in [2.24, 2.45) is 7.05 Å². The number of benzene rings is 1. The summed E-state index contributed by atoms with van der Waals surface area (Å²) in [5, 5.41) is 7.41. The average Bonchev–Trinajstić information content (AvgIpc) is 2.90. The van der Waals surface area contributed by atoms with Crippen molar-refractivity contribution in [3.63, 3.8) is 0 Å². The highest BCUT2D eigenvalue weighted by atomic mass is 16.5. The molecule has 0 spiro atoms. The van der Waals surface area contributed by atoms with E-state index in [2.05, 4.69) is 35.5 Å². The lowest BCUT2D eigenvalue weighted by Gasteiger charge is -2.29. The number of carbonyl (C=O) groups excluding carboxylic acids is 1. The van der Waals surface area contributed by atoms with Gasteiger partial charge in [-0.2, -0.15) is 5.10 Å². The molecule has 1 saturated heterocycles. The van der Waals surface area contributed by atoms with Gasteiger partial charge in [0, 0.05) is 12.6 Å². The minimum Gasteiger partial charge on any atom is -0.496 e. The molecule has 1 amide bonds. The summed E-state index contributed by atoms with van der Waals surface area (Å²) >= 11 is 0. The van der Waals surface area contributed by atoms with Crippen LogP contribution in [0.2, 0.25) is 0 Å². The van der Waals surface area contributed by atoms with Crippen LogP contribution in [-0.2, 0) is 18.4 Å². The lowest BCUT2D eigenvalue weighted by atomic mass is 10.1. The second-order valence-electron chi connectivity index (χ2n) is 7.89. The van der Waals surface area contributed by atoms with Gasteiger partial charge in [-0.25, -0.2) is 0 Å². The van der Waals surface area contributed by atoms with Crippen molar-refractivity contribution in [2.75, 3.05) is 45.2 Å². The Morgan fingerprint density at radius 3 is 2.46 bits per heavy atom. The Morgan fingerprint density at radius 2 is 1.86 bits per heavy atom. The minimum absolute atomic E-state index is 0.0676. The maximum absolute atomic E-state index is 12.5. The van der Waals surface area contributed by atoms with Crippen LogP contribution in [0.4, 0.5) is 5.69 Å². The van der Waals surface area contributed by atoms with Gasteiger partial charge < -0.3 is 19.9 Å². The number of aromatic nitrogens is 2. The second-order valence-corrected chi connectivity index (χ2v) is 7.89. The molecule has 1 aromatic heterocycles.